The number of para-hydroxylation sites is 2. The van der Waals surface area contributed by atoms with E-state index >= 15 is 38.4 Å². The minimum atomic E-state index is -1.90. The maximum atomic E-state index is 15.8. The highest BCUT2D eigenvalue weighted by atomic mass is 32.2. The summed E-state index contributed by atoms with van der Waals surface area (Å²) in [6.45, 7) is 6.00. The number of nitrogens with zero attached hydrogens (tertiary/aromatic N) is 6. The van der Waals surface area contributed by atoms with Crippen LogP contribution in [0, 0.1) is 11.3 Å². The molecule has 3 saturated heterocycles. The predicted octanol–water partition coefficient (Wildman–Crippen LogP) is -2.93. The van der Waals surface area contributed by atoms with Gasteiger partial charge in [0, 0.05) is 125 Å². The molecule has 0 spiro atoms. The Hall–Kier alpha value is -13.7. The Morgan fingerprint density at radius 1 is 0.551 bits per heavy atom. The van der Waals surface area contributed by atoms with E-state index in [1.54, 1.807) is 74.8 Å². The van der Waals surface area contributed by atoms with Crippen molar-refractivity contribution in [2.45, 2.75) is 234 Å². The Kier molecular flexibility index (Phi) is 39.4. The molecule has 3 aromatic carbocycles. The number of guanidine groups is 1. The fourth-order valence-electron chi connectivity index (χ4n) is 16.8. The van der Waals surface area contributed by atoms with Gasteiger partial charge in [0.05, 0.1) is 37.8 Å². The van der Waals surface area contributed by atoms with E-state index in [9.17, 15) is 58.5 Å². The van der Waals surface area contributed by atoms with Crippen LogP contribution in [-0.2, 0) is 107 Å². The van der Waals surface area contributed by atoms with E-state index in [0.29, 0.717) is 69.9 Å². The third kappa shape index (κ3) is 29.4. The first-order chi connectivity index (χ1) is 64.8. The van der Waals surface area contributed by atoms with Gasteiger partial charge in [0.1, 0.15) is 90.3 Å². The molecule has 44 nitrogen and oxygen atoms in total. The van der Waals surface area contributed by atoms with Gasteiger partial charge >= 0.3 is 0 Å². The van der Waals surface area contributed by atoms with Crippen LogP contribution in [0.4, 0.5) is 0 Å². The number of amides is 17. The van der Waals surface area contributed by atoms with Crippen molar-refractivity contribution in [1.82, 2.24) is 103 Å². The maximum absolute atomic E-state index is 15.8. The molecule has 0 aliphatic carbocycles. The number of imidazole rings is 1. The average Bonchev–Trinajstić information content (AvgIpc) is 1.53. The van der Waals surface area contributed by atoms with Crippen LogP contribution < -0.4 is 75.7 Å². The van der Waals surface area contributed by atoms with Gasteiger partial charge in [-0.15, -0.1) is 11.8 Å². The standard InChI is InChI=1S/C91H128N24O20S/c1-9-11-24-70-83(128)103-61(23-17-31-97-91(94)95)79(124)110-69(78(123)100-43-75(93)120)46-136-47-76(121)102-65(34-51-27-29-55(117)30-28-51)86(131)111(6)50(5)77(122)106-67(39-74(92)119)88(133)114-32-18-26-71(114)84(129)105-63(37-54-42-96-48-101-54)81(126)107-64(33-49(3)4)89(134)115-44-56(118)38-73(115)85(130)104-62(35-52-40-98-59-21-15-13-19-57(52)59)80(125)109-68(45-116)82(127)108-66(36-53-41-99-60-22-16-14-20-58(53)60)87(132)113(8)72(25-12-10-2)90(135)112(70)7/h13-16,19-22,27-30,40-42,48-50,56,61-73,98-99,116-118H,9-12,17-18,23-26,31-39,43-47H2,1-8H3,(H2,92,119)(H2,93,120)(H,96,101)(H,100,123)(H,102,121)(H,103,128)(H,104,130)(H,105,129)(H,106,122)(H,107,126)(H,108,127)(H,109,125)(H,110,124)(H4,94,95,97)/t50-,56+,61-,62-,63-,64-,65-,66-,67-,68-,69?,70-,71-,72-,73-/m0/s1. The number of carbonyl (C=O) groups excluding carboxylic acids is 17. The molecule has 6 aromatic rings. The summed E-state index contributed by atoms with van der Waals surface area (Å²) in [6, 6.07) is -2.29. The smallest absolute Gasteiger partial charge is 0.246 e. The average molecular weight is 1910 g/mol. The molecule has 0 saturated carbocycles. The zero-order valence-corrected chi connectivity index (χ0v) is 78.4. The van der Waals surface area contributed by atoms with Crippen molar-refractivity contribution in [3.8, 4) is 5.75 Å². The third-order valence-corrected chi connectivity index (χ3v) is 25.4. The molecule has 738 valence electrons. The van der Waals surface area contributed by atoms with Crippen molar-refractivity contribution >= 4 is 140 Å². The number of phenols is 1. The number of nitrogens with one attached hydrogen (secondary N) is 15. The summed E-state index contributed by atoms with van der Waals surface area (Å²) in [5, 5.41) is 71.1. The molecule has 15 atom stereocenters. The monoisotopic (exact) mass is 1910 g/mol. The van der Waals surface area contributed by atoms with Gasteiger partial charge in [-0.1, -0.05) is 102 Å². The molecule has 3 fully saturated rings. The summed E-state index contributed by atoms with van der Waals surface area (Å²) < 4.78 is 0. The van der Waals surface area contributed by atoms with Crippen molar-refractivity contribution < 1.29 is 96.8 Å². The molecule has 45 heteroatoms. The Morgan fingerprint density at radius 2 is 1.09 bits per heavy atom. The SMILES string of the molecule is CCCC[C@H]1C(=O)N(C)[C@@H](CCCC)C(=O)N[C@@H](CCCNC(=N)N)C(=O)NC(C(=O)NCC(N)=O)CSCC(=O)N[C@@H](Cc2ccc(O)cc2)C(=O)N(C)[C@@H](C)C(=O)N[C@@H](CC(N)=O)C(=O)N2CCC[C@H]2C(=O)N[C@@H](Cc2cnc[nH]2)C(=O)N[C@@H](CC(C)C)C(=O)N2C[C@H](O)C[C@H]2C(=O)N[C@@H](Cc2c[nH]c3ccccc23)C(=O)N[C@@H](CO)C(=O)N[C@@H](Cc2c[nH]c3ccccc23)C(=O)N1C. The number of unbranched alkanes of at least 4 members (excludes halogenated alkanes) is 2. The van der Waals surface area contributed by atoms with Crippen molar-refractivity contribution in [2.75, 3.05) is 65.4 Å². The molecule has 0 radical (unpaired) electrons. The van der Waals surface area contributed by atoms with Crippen LogP contribution in [0.3, 0.4) is 0 Å². The number of aromatic amines is 3. The van der Waals surface area contributed by atoms with E-state index in [-0.39, 0.29) is 95.4 Å². The molecule has 3 aliphatic rings. The second kappa shape index (κ2) is 50.6. The lowest BCUT2D eigenvalue weighted by molar-refractivity contribution is -0.149. The second-order valence-electron chi connectivity index (χ2n) is 35.0. The maximum Gasteiger partial charge on any atom is 0.246 e. The number of thioether (sulfide) groups is 1. The van der Waals surface area contributed by atoms with Gasteiger partial charge in [-0.05, 0) is 98.7 Å². The van der Waals surface area contributed by atoms with Crippen LogP contribution in [0.2, 0.25) is 0 Å². The van der Waals surface area contributed by atoms with Crippen LogP contribution in [0.1, 0.15) is 140 Å². The van der Waals surface area contributed by atoms with Gasteiger partial charge in [-0.2, -0.15) is 0 Å². The Morgan fingerprint density at radius 3 is 1.68 bits per heavy atom. The molecule has 24 N–H and O–H groups in total. The number of likely N-dealkylation sites (N-methyl/N-ethyl adjacent to an activating group) is 3. The molecule has 6 heterocycles. The van der Waals surface area contributed by atoms with Crippen LogP contribution in [-0.4, -0.2) is 322 Å². The number of aliphatic hydroxyl groups is 2. The van der Waals surface area contributed by atoms with Crippen LogP contribution >= 0.6 is 11.8 Å². The number of nitrogens with two attached hydrogens (primary N) is 3. The van der Waals surface area contributed by atoms with Gasteiger partial charge in [-0.3, -0.25) is 86.9 Å². The summed E-state index contributed by atoms with van der Waals surface area (Å²) in [5.41, 5.74) is 19.8. The number of primary amides is 2. The molecular weight excluding hydrogens is 1780 g/mol. The van der Waals surface area contributed by atoms with Gasteiger partial charge in [0.25, 0.3) is 0 Å². The van der Waals surface area contributed by atoms with E-state index in [1.807, 2.05) is 13.8 Å². The van der Waals surface area contributed by atoms with E-state index in [1.165, 1.54) is 64.9 Å². The zero-order valence-electron chi connectivity index (χ0n) is 77.6. The molecule has 3 aliphatic heterocycles. The normalized spacial score (nSPS) is 24.7. The predicted molar refractivity (Wildman–Crippen MR) is 500 cm³/mol. The van der Waals surface area contributed by atoms with Crippen molar-refractivity contribution in [3.63, 3.8) is 0 Å². The quantitative estimate of drug-likeness (QED) is 0.0147. The first kappa shape index (κ1) is 106. The number of hydrogen-bond donors (Lipinski definition) is 21. The van der Waals surface area contributed by atoms with E-state index < -0.39 is 241 Å². The minimum Gasteiger partial charge on any atom is -0.508 e. The zero-order chi connectivity index (χ0) is 99.3. The van der Waals surface area contributed by atoms with Crippen LogP contribution in [0.5, 0.6) is 5.75 Å². The molecule has 9 rings (SSSR count). The van der Waals surface area contributed by atoms with Gasteiger partial charge in [0.15, 0.2) is 5.96 Å². The van der Waals surface area contributed by atoms with E-state index in [2.05, 4.69) is 78.4 Å². The number of aliphatic hydroxyl groups excluding tert-OH is 2. The number of H-pyrrole nitrogens is 3. The fraction of sp³-hybridized carbons (Fsp3) is 0.527. The summed E-state index contributed by atoms with van der Waals surface area (Å²) in [4.78, 5) is 269. The summed E-state index contributed by atoms with van der Waals surface area (Å²) in [6.07, 6.45) is 3.63. The Labute approximate surface area is 790 Å². The summed E-state index contributed by atoms with van der Waals surface area (Å²) in [7, 11) is 3.90. The number of fused-ring (bicyclic) bond motifs is 4. The van der Waals surface area contributed by atoms with Gasteiger partial charge in [0.2, 0.25) is 100 Å². The first-order valence-corrected chi connectivity index (χ1v) is 46.7. The minimum absolute atomic E-state index is 0.0131. The number of hydrogen-bond acceptors (Lipinski definition) is 23. The number of aromatic nitrogens is 4. The van der Waals surface area contributed by atoms with Crippen molar-refractivity contribution in [1.29, 1.82) is 5.41 Å². The number of phenolic OH excluding ortho intramolecular Hbond substituents is 1. The topological polar surface area (TPSA) is 662 Å². The lowest BCUT2D eigenvalue weighted by Gasteiger charge is -2.36. The van der Waals surface area contributed by atoms with Gasteiger partial charge < -0.3 is 130 Å². The third-order valence-electron chi connectivity index (χ3n) is 24.3. The molecule has 17 amide bonds. The van der Waals surface area contributed by atoms with Gasteiger partial charge in [-0.25, -0.2) is 4.98 Å². The molecule has 0 bridgehead atoms. The van der Waals surface area contributed by atoms with E-state index in [4.69, 9.17) is 22.6 Å². The number of benzene rings is 3. The lowest BCUT2D eigenvalue weighted by Crippen LogP contribution is -2.62. The highest BCUT2D eigenvalue weighted by Gasteiger charge is 2.47. The second-order valence-corrected chi connectivity index (χ2v) is 36.0. The highest BCUT2D eigenvalue weighted by Crippen LogP contribution is 2.28. The van der Waals surface area contributed by atoms with E-state index in [0.717, 1.165) is 36.3 Å². The highest BCUT2D eigenvalue weighted by molar-refractivity contribution is 8.00. The molecule has 1 unspecified atom stereocenters. The number of rotatable bonds is 26. The first-order valence-electron chi connectivity index (χ1n) is 45.6. The van der Waals surface area contributed by atoms with Crippen LogP contribution in [0.25, 0.3) is 21.8 Å². The molecule has 136 heavy (non-hydrogen) atoms. The van der Waals surface area contributed by atoms with Crippen molar-refractivity contribution in [2.24, 2.45) is 23.1 Å². The van der Waals surface area contributed by atoms with Crippen molar-refractivity contribution in [3.05, 3.63) is 120 Å². The summed E-state index contributed by atoms with van der Waals surface area (Å²) >= 11 is 0.760. The molecule has 3 aromatic heterocycles. The summed E-state index contributed by atoms with van der Waals surface area (Å²) in [5.74, 6) is -18.1. The number of carbonyl (C=O) groups is 17. The number of aromatic hydroxyl groups is 1. The largest absolute Gasteiger partial charge is 0.508 e. The van der Waals surface area contributed by atoms with Crippen LogP contribution in [0.15, 0.2) is 97.7 Å². The lowest BCUT2D eigenvalue weighted by atomic mass is 10.00. The Bertz CT molecular complexity index is 5250. The Balaban J connectivity index is 1.10. The fourth-order valence-corrected chi connectivity index (χ4v) is 17.6. The molecular formula is C91H128N24O20S.